The van der Waals surface area contributed by atoms with Gasteiger partial charge < -0.3 is 19.2 Å². The molecule has 0 saturated heterocycles. The van der Waals surface area contributed by atoms with Crippen molar-refractivity contribution >= 4 is 18.3 Å². The Hall–Kier alpha value is 3.01. The summed E-state index contributed by atoms with van der Waals surface area (Å²) < 4.78 is 43.6. The van der Waals surface area contributed by atoms with Crippen molar-refractivity contribution in [2.75, 3.05) is 0 Å². The van der Waals surface area contributed by atoms with Crippen LogP contribution in [0.2, 0.25) is 0 Å². The second-order valence-corrected chi connectivity index (χ2v) is 5.31. The summed E-state index contributed by atoms with van der Waals surface area (Å²) in [5.41, 5.74) is 0. The average molecular weight is 270 g/mol. The van der Waals surface area contributed by atoms with E-state index in [1.807, 2.05) is 0 Å². The van der Waals surface area contributed by atoms with Gasteiger partial charge in [-0.25, -0.2) is 0 Å². The third-order valence-corrected chi connectivity index (χ3v) is 3.08. The zero-order valence-electron chi connectivity index (χ0n) is 6.08. The Kier molecular flexibility index (Phi) is 14.0. The molecule has 0 aromatic carbocycles. The minimum atomic E-state index is -5.47. The predicted octanol–water partition coefficient (Wildman–Crippen LogP) is -9.85. The number of hydrogen-bond donors (Lipinski definition) is 0. The average Bonchev–Trinajstić information content (AvgIpc) is 1.88. The standard InChI is InChI=1S/2K.H2O8S2/c;;1-7-9(3,4)10(5,6)8-2/h;;1-2H/q2*+1;/p-2. The molecule has 0 N–H and O–H groups in total. The van der Waals surface area contributed by atoms with Gasteiger partial charge in [-0.15, -0.1) is 0 Å². The van der Waals surface area contributed by atoms with Gasteiger partial charge in [-0.05, 0) is 0 Å². The van der Waals surface area contributed by atoms with Crippen LogP contribution in [0, 0.1) is 0 Å². The molecule has 0 atom stereocenters. The molecule has 0 aliphatic carbocycles. The fourth-order valence-electron chi connectivity index (χ4n) is 0.0680. The maximum atomic E-state index is 9.80. The van der Waals surface area contributed by atoms with Gasteiger partial charge in [0.2, 0.25) is 0 Å². The summed E-state index contributed by atoms with van der Waals surface area (Å²) in [6.45, 7) is 0. The van der Waals surface area contributed by atoms with Crippen LogP contribution in [0.15, 0.2) is 0 Å². The first-order valence-electron chi connectivity index (χ1n) is 1.50. The second kappa shape index (κ2) is 8.20. The molecule has 0 aliphatic heterocycles. The molecule has 0 spiro atoms. The van der Waals surface area contributed by atoms with Gasteiger partial charge in [0.15, 0.2) is 0 Å². The summed E-state index contributed by atoms with van der Waals surface area (Å²) in [7, 11) is -10.9. The second-order valence-electron chi connectivity index (χ2n) is 0.953. The van der Waals surface area contributed by atoms with E-state index in [0.717, 1.165) is 0 Å². The molecule has 0 aromatic heterocycles. The van der Waals surface area contributed by atoms with E-state index in [2.05, 4.69) is 8.67 Å². The molecule has 0 fully saturated rings. The van der Waals surface area contributed by atoms with Crippen LogP contribution in [0.5, 0.6) is 0 Å². The fourth-order valence-corrected chi connectivity index (χ4v) is 0.612. The zero-order valence-corrected chi connectivity index (χ0v) is 14.0. The molecule has 0 bridgehead atoms. The van der Waals surface area contributed by atoms with E-state index in [-0.39, 0.29) is 103 Å². The molecule has 12 heteroatoms. The molecule has 0 unspecified atom stereocenters. The molecule has 8 nitrogen and oxygen atoms in total. The first-order chi connectivity index (χ1) is 4.37. The summed E-state index contributed by atoms with van der Waals surface area (Å²) >= 11 is 0. The van der Waals surface area contributed by atoms with E-state index in [1.165, 1.54) is 0 Å². The van der Waals surface area contributed by atoms with Crippen LogP contribution >= 0.6 is 0 Å². The molecule has 0 rings (SSSR count). The Bertz CT molecular complexity index is 251. The quantitative estimate of drug-likeness (QED) is 0.214. The van der Waals surface area contributed by atoms with Crippen molar-refractivity contribution in [3.05, 3.63) is 0 Å². The van der Waals surface area contributed by atoms with E-state index in [1.54, 1.807) is 0 Å². The van der Waals surface area contributed by atoms with Crippen molar-refractivity contribution in [1.29, 1.82) is 0 Å². The first-order valence-corrected chi connectivity index (χ1v) is 4.83. The van der Waals surface area contributed by atoms with Crippen LogP contribution in [0.4, 0.5) is 0 Å². The van der Waals surface area contributed by atoms with Crippen molar-refractivity contribution < 1.29 is 139 Å². The molecule has 0 aliphatic rings. The largest absolute Gasteiger partial charge is 1.00 e. The third-order valence-electron chi connectivity index (χ3n) is 0.417. The minimum absolute atomic E-state index is 0. The van der Waals surface area contributed by atoms with Crippen molar-refractivity contribution in [2.24, 2.45) is 0 Å². The molecule has 0 radical (unpaired) electrons. The number of hydrogen-bond acceptors (Lipinski definition) is 8. The number of rotatable bonds is 3. The zero-order chi connectivity index (χ0) is 8.41. The van der Waals surface area contributed by atoms with E-state index in [0.29, 0.717) is 0 Å². The summed E-state index contributed by atoms with van der Waals surface area (Å²) in [4.78, 5) is 0. The molecule has 0 heterocycles. The van der Waals surface area contributed by atoms with Crippen molar-refractivity contribution in [2.45, 2.75) is 0 Å². The van der Waals surface area contributed by atoms with E-state index in [9.17, 15) is 16.8 Å². The van der Waals surface area contributed by atoms with Gasteiger partial charge in [0.05, 0.1) is 0 Å². The monoisotopic (exact) mass is 270 g/mol. The first kappa shape index (κ1) is 20.4. The van der Waals surface area contributed by atoms with Crippen LogP contribution in [0.1, 0.15) is 0 Å². The summed E-state index contributed by atoms with van der Waals surface area (Å²) in [5, 5.41) is 18.1. The smallest absolute Gasteiger partial charge is 0.706 e. The van der Waals surface area contributed by atoms with Crippen LogP contribution in [-0.2, 0) is 27.0 Å². The van der Waals surface area contributed by atoms with Crippen molar-refractivity contribution in [3.8, 4) is 0 Å². The van der Waals surface area contributed by atoms with E-state index >= 15 is 0 Å². The Morgan fingerprint density at radius 2 is 0.917 bits per heavy atom. The summed E-state index contributed by atoms with van der Waals surface area (Å²) in [6, 6.07) is 0. The molecule has 12 heavy (non-hydrogen) atoms. The maximum Gasteiger partial charge on any atom is 1.00 e. The SMILES string of the molecule is O=S(=O)(O[O-])S(=O)(=O)O[O-].[K+].[K+]. The minimum Gasteiger partial charge on any atom is -0.706 e. The topological polar surface area (TPSA) is 133 Å². The van der Waals surface area contributed by atoms with Gasteiger partial charge in [0.25, 0.3) is 0 Å². The maximum absolute atomic E-state index is 9.80. The molecule has 62 valence electrons. The summed E-state index contributed by atoms with van der Waals surface area (Å²) in [5.74, 6) is 0. The fraction of sp³-hybridized carbons (Fsp3) is 0. The van der Waals surface area contributed by atoms with Gasteiger partial charge in [-0.1, -0.05) is 0 Å². The Balaban J connectivity index is -0.000000405. The molecule has 0 saturated carbocycles. The van der Waals surface area contributed by atoms with Crippen LogP contribution < -0.4 is 113 Å². The summed E-state index contributed by atoms with van der Waals surface area (Å²) in [6.07, 6.45) is 0. The Labute approximate surface area is 153 Å². The van der Waals surface area contributed by atoms with Crippen molar-refractivity contribution in [1.82, 2.24) is 0 Å². The molecule has 0 aromatic rings. The van der Waals surface area contributed by atoms with Gasteiger partial charge in [-0.2, -0.15) is 16.8 Å². The van der Waals surface area contributed by atoms with Gasteiger partial charge in [0.1, 0.15) is 0 Å². The third kappa shape index (κ3) is 5.79. The van der Waals surface area contributed by atoms with Gasteiger partial charge in [0, 0.05) is 0 Å². The van der Waals surface area contributed by atoms with Crippen molar-refractivity contribution in [3.63, 3.8) is 0 Å². The predicted molar refractivity (Wildman–Crippen MR) is 20.0 cm³/mol. The molecular weight excluding hydrogens is 270 g/mol. The normalized spacial score (nSPS) is 11.2. The van der Waals surface area contributed by atoms with Gasteiger partial charge in [-0.3, -0.25) is 0 Å². The molecule has 0 amide bonds. The molecular formula is K2O8S2. The van der Waals surface area contributed by atoms with Crippen LogP contribution in [-0.4, -0.2) is 16.8 Å². The Morgan fingerprint density at radius 3 is 1.00 bits per heavy atom. The van der Waals surface area contributed by atoms with E-state index in [4.69, 9.17) is 10.5 Å². The Morgan fingerprint density at radius 1 is 0.750 bits per heavy atom. The van der Waals surface area contributed by atoms with Crippen LogP contribution in [0.3, 0.4) is 0 Å². The van der Waals surface area contributed by atoms with Crippen LogP contribution in [0.25, 0.3) is 0 Å². The van der Waals surface area contributed by atoms with E-state index < -0.39 is 18.3 Å². The van der Waals surface area contributed by atoms with Gasteiger partial charge >= 0.3 is 121 Å².